The molecule has 0 bridgehead atoms. The Morgan fingerprint density at radius 1 is 0.857 bits per heavy atom. The number of amides is 2. The van der Waals surface area contributed by atoms with Gasteiger partial charge in [0.15, 0.2) is 11.5 Å². The van der Waals surface area contributed by atoms with Crippen LogP contribution < -0.4 is 25.1 Å². The average Bonchev–Trinajstić information content (AvgIpc) is 2.71. The molecule has 0 aliphatic rings. The third kappa shape index (κ3) is 6.06. The largest absolute Gasteiger partial charge is 0.493 e. The number of methoxy groups -OCH3 is 3. The molecule has 0 saturated carbocycles. The van der Waals surface area contributed by atoms with Gasteiger partial charge in [-0.1, -0.05) is 23.7 Å². The highest BCUT2D eigenvalue weighted by atomic mass is 35.5. The first-order valence-corrected chi connectivity index (χ1v) is 8.95. The summed E-state index contributed by atoms with van der Waals surface area (Å²) in [5.41, 5.74) is 6.46. The minimum atomic E-state index is -0.316. The molecule has 0 saturated heterocycles. The van der Waals surface area contributed by atoms with E-state index in [1.165, 1.54) is 21.3 Å². The molecule has 28 heavy (non-hydrogen) atoms. The molecule has 0 fully saturated rings. The molecule has 0 heterocycles. The standard InChI is InChI=1S/C20H23ClN2O5/c1-26-16-10-14(11-17(27-2)20(16)28-3)6-9-18(24)22-23-19(25)12-13-4-7-15(21)8-5-13/h4-5,7-8,10-11H,6,9,12H2,1-3H3,(H,22,24)(H,23,25). The fourth-order valence-electron chi connectivity index (χ4n) is 2.57. The maximum atomic E-state index is 12.0. The zero-order valence-corrected chi connectivity index (χ0v) is 16.8. The topological polar surface area (TPSA) is 85.9 Å². The van der Waals surface area contributed by atoms with Gasteiger partial charge in [0.1, 0.15) is 0 Å². The molecular weight excluding hydrogens is 384 g/mol. The van der Waals surface area contributed by atoms with Gasteiger partial charge in [-0.05, 0) is 41.8 Å². The number of hydrogen-bond donors (Lipinski definition) is 2. The monoisotopic (exact) mass is 406 g/mol. The number of carbonyl (C=O) groups excluding carboxylic acids is 2. The summed E-state index contributed by atoms with van der Waals surface area (Å²) >= 11 is 5.81. The normalized spacial score (nSPS) is 10.1. The number of benzene rings is 2. The Hall–Kier alpha value is -2.93. The van der Waals surface area contributed by atoms with Gasteiger partial charge in [-0.25, -0.2) is 0 Å². The quantitative estimate of drug-likeness (QED) is 0.658. The first kappa shape index (κ1) is 21.4. The fourth-order valence-corrected chi connectivity index (χ4v) is 2.70. The maximum Gasteiger partial charge on any atom is 0.242 e. The van der Waals surface area contributed by atoms with Crippen molar-refractivity contribution >= 4 is 23.4 Å². The summed E-state index contributed by atoms with van der Waals surface area (Å²) in [4.78, 5) is 23.9. The van der Waals surface area contributed by atoms with Crippen LogP contribution >= 0.6 is 11.6 Å². The lowest BCUT2D eigenvalue weighted by Gasteiger charge is -2.14. The predicted molar refractivity (Wildman–Crippen MR) is 106 cm³/mol. The second-order valence-electron chi connectivity index (χ2n) is 5.93. The fraction of sp³-hybridized carbons (Fsp3) is 0.300. The van der Waals surface area contributed by atoms with Crippen LogP contribution in [0.15, 0.2) is 36.4 Å². The Balaban J connectivity index is 1.85. The number of rotatable bonds is 8. The lowest BCUT2D eigenvalue weighted by molar-refractivity contribution is -0.128. The van der Waals surface area contributed by atoms with Gasteiger partial charge in [-0.2, -0.15) is 0 Å². The molecule has 7 nitrogen and oxygen atoms in total. The lowest BCUT2D eigenvalue weighted by Crippen LogP contribution is -2.42. The molecule has 2 rings (SSSR count). The molecule has 2 aromatic rings. The van der Waals surface area contributed by atoms with Crippen LogP contribution in [0.4, 0.5) is 0 Å². The van der Waals surface area contributed by atoms with Crippen molar-refractivity contribution in [2.75, 3.05) is 21.3 Å². The SMILES string of the molecule is COc1cc(CCC(=O)NNC(=O)Cc2ccc(Cl)cc2)cc(OC)c1OC. The van der Waals surface area contributed by atoms with Crippen LogP contribution in [-0.4, -0.2) is 33.1 Å². The van der Waals surface area contributed by atoms with Crippen LogP contribution in [0.25, 0.3) is 0 Å². The second-order valence-corrected chi connectivity index (χ2v) is 6.37. The highest BCUT2D eigenvalue weighted by Gasteiger charge is 2.14. The van der Waals surface area contributed by atoms with Gasteiger partial charge < -0.3 is 14.2 Å². The Kier molecular flexibility index (Phi) is 7.95. The van der Waals surface area contributed by atoms with E-state index in [-0.39, 0.29) is 24.7 Å². The van der Waals surface area contributed by atoms with E-state index in [0.29, 0.717) is 28.7 Å². The molecule has 2 aromatic carbocycles. The molecule has 0 unspecified atom stereocenters. The van der Waals surface area contributed by atoms with E-state index < -0.39 is 0 Å². The van der Waals surface area contributed by atoms with Crippen molar-refractivity contribution in [1.82, 2.24) is 10.9 Å². The molecule has 0 radical (unpaired) electrons. The second kappa shape index (κ2) is 10.4. The number of hydrazine groups is 1. The number of hydrogen-bond acceptors (Lipinski definition) is 5. The number of ether oxygens (including phenoxy) is 3. The smallest absolute Gasteiger partial charge is 0.242 e. The Bertz CT molecular complexity index is 799. The molecule has 150 valence electrons. The van der Waals surface area contributed by atoms with E-state index in [1.807, 2.05) is 0 Å². The Morgan fingerprint density at radius 2 is 1.43 bits per heavy atom. The van der Waals surface area contributed by atoms with E-state index in [4.69, 9.17) is 25.8 Å². The predicted octanol–water partition coefficient (Wildman–Crippen LogP) is 2.69. The van der Waals surface area contributed by atoms with Crippen molar-refractivity contribution in [2.45, 2.75) is 19.3 Å². The van der Waals surface area contributed by atoms with E-state index in [1.54, 1.807) is 36.4 Å². The van der Waals surface area contributed by atoms with Crippen molar-refractivity contribution in [3.63, 3.8) is 0 Å². The van der Waals surface area contributed by atoms with Crippen LogP contribution in [0.3, 0.4) is 0 Å². The van der Waals surface area contributed by atoms with E-state index in [2.05, 4.69) is 10.9 Å². The zero-order chi connectivity index (χ0) is 20.5. The third-order valence-corrected chi connectivity index (χ3v) is 4.24. The van der Waals surface area contributed by atoms with E-state index in [0.717, 1.165) is 11.1 Å². The van der Waals surface area contributed by atoms with Crippen LogP contribution in [-0.2, 0) is 22.4 Å². The van der Waals surface area contributed by atoms with E-state index >= 15 is 0 Å². The van der Waals surface area contributed by atoms with Crippen molar-refractivity contribution < 1.29 is 23.8 Å². The Morgan fingerprint density at radius 3 is 1.96 bits per heavy atom. The van der Waals surface area contributed by atoms with Crippen molar-refractivity contribution in [3.05, 3.63) is 52.5 Å². The molecular formula is C20H23ClN2O5. The summed E-state index contributed by atoms with van der Waals surface area (Å²) in [6.45, 7) is 0. The number of nitrogens with one attached hydrogen (secondary N) is 2. The summed E-state index contributed by atoms with van der Waals surface area (Å²) in [5, 5.41) is 0.601. The van der Waals surface area contributed by atoms with Gasteiger partial charge in [0.05, 0.1) is 27.8 Å². The molecule has 2 amide bonds. The summed E-state index contributed by atoms with van der Waals surface area (Å²) in [6, 6.07) is 10.5. The summed E-state index contributed by atoms with van der Waals surface area (Å²) in [5.74, 6) is 0.913. The van der Waals surface area contributed by atoms with Gasteiger partial charge in [0.2, 0.25) is 17.6 Å². The highest BCUT2D eigenvalue weighted by Crippen LogP contribution is 2.38. The van der Waals surface area contributed by atoms with Crippen molar-refractivity contribution in [3.8, 4) is 17.2 Å². The first-order chi connectivity index (χ1) is 13.5. The minimum absolute atomic E-state index is 0.143. The van der Waals surface area contributed by atoms with Gasteiger partial charge in [0.25, 0.3) is 0 Å². The van der Waals surface area contributed by atoms with Crippen LogP contribution in [0, 0.1) is 0 Å². The molecule has 8 heteroatoms. The number of halogens is 1. The summed E-state index contributed by atoms with van der Waals surface area (Å²) < 4.78 is 15.9. The van der Waals surface area contributed by atoms with Crippen LogP contribution in [0.1, 0.15) is 17.5 Å². The van der Waals surface area contributed by atoms with Crippen molar-refractivity contribution in [1.29, 1.82) is 0 Å². The van der Waals surface area contributed by atoms with Gasteiger partial charge in [-0.3, -0.25) is 20.4 Å². The van der Waals surface area contributed by atoms with Gasteiger partial charge in [0, 0.05) is 11.4 Å². The first-order valence-electron chi connectivity index (χ1n) is 8.57. The van der Waals surface area contributed by atoms with Gasteiger partial charge >= 0.3 is 0 Å². The van der Waals surface area contributed by atoms with Crippen LogP contribution in [0.2, 0.25) is 5.02 Å². The number of carbonyl (C=O) groups is 2. The minimum Gasteiger partial charge on any atom is -0.493 e. The summed E-state index contributed by atoms with van der Waals surface area (Å²) in [6.07, 6.45) is 0.764. The van der Waals surface area contributed by atoms with Crippen molar-refractivity contribution in [2.24, 2.45) is 0 Å². The Labute approximate surface area is 168 Å². The average molecular weight is 407 g/mol. The summed E-state index contributed by atoms with van der Waals surface area (Å²) in [7, 11) is 4.59. The zero-order valence-electron chi connectivity index (χ0n) is 16.0. The van der Waals surface area contributed by atoms with Crippen LogP contribution in [0.5, 0.6) is 17.2 Å². The molecule has 0 aliphatic carbocycles. The molecule has 0 aromatic heterocycles. The maximum absolute atomic E-state index is 12.0. The third-order valence-electron chi connectivity index (χ3n) is 3.98. The highest BCUT2D eigenvalue weighted by molar-refractivity contribution is 6.30. The molecule has 0 aliphatic heterocycles. The van der Waals surface area contributed by atoms with E-state index in [9.17, 15) is 9.59 Å². The van der Waals surface area contributed by atoms with Gasteiger partial charge in [-0.15, -0.1) is 0 Å². The molecule has 0 atom stereocenters. The molecule has 2 N–H and O–H groups in total. The number of aryl methyl sites for hydroxylation is 1. The molecule has 0 spiro atoms. The lowest BCUT2D eigenvalue weighted by atomic mass is 10.1.